The van der Waals surface area contributed by atoms with Gasteiger partial charge in [-0.05, 0) is 37.7 Å². The first-order valence-corrected chi connectivity index (χ1v) is 10.4. The molecule has 0 aliphatic carbocycles. The molecule has 1 atom stereocenters. The summed E-state index contributed by atoms with van der Waals surface area (Å²) < 4.78 is 32.7. The number of nitrogens with zero attached hydrogens (tertiary/aromatic N) is 2. The van der Waals surface area contributed by atoms with Crippen molar-refractivity contribution in [2.45, 2.75) is 17.9 Å². The maximum absolute atomic E-state index is 12.9. The number of likely N-dealkylation sites (N-methyl/N-ethyl adjacent to an activating group) is 1. The lowest BCUT2D eigenvalue weighted by Crippen LogP contribution is -2.47. The summed E-state index contributed by atoms with van der Waals surface area (Å²) in [6.07, 6.45) is -0.420. The molecule has 0 radical (unpaired) electrons. The maximum atomic E-state index is 12.9. The number of piperazine rings is 1. The van der Waals surface area contributed by atoms with Gasteiger partial charge in [0.1, 0.15) is 6.10 Å². The minimum Gasteiger partial charge on any atom is -0.454 e. The van der Waals surface area contributed by atoms with Gasteiger partial charge in [-0.3, -0.25) is 0 Å². The van der Waals surface area contributed by atoms with E-state index in [1.54, 1.807) is 19.1 Å². The van der Waals surface area contributed by atoms with Crippen molar-refractivity contribution in [3.8, 4) is 0 Å². The zero-order valence-corrected chi connectivity index (χ0v) is 16.4. The Hall–Kier alpha value is -2.22. The van der Waals surface area contributed by atoms with Gasteiger partial charge in [-0.15, -0.1) is 0 Å². The molecular weight excluding hydrogens is 364 g/mol. The van der Waals surface area contributed by atoms with Crippen LogP contribution in [0.2, 0.25) is 0 Å². The quantitative estimate of drug-likeness (QED) is 0.737. The fourth-order valence-corrected chi connectivity index (χ4v) is 4.45. The van der Waals surface area contributed by atoms with Crippen LogP contribution in [0.1, 0.15) is 28.9 Å². The van der Waals surface area contributed by atoms with Gasteiger partial charge >= 0.3 is 5.97 Å². The van der Waals surface area contributed by atoms with Crippen LogP contribution in [-0.2, 0) is 14.8 Å². The molecule has 0 bridgehead atoms. The van der Waals surface area contributed by atoms with Gasteiger partial charge in [0, 0.05) is 26.2 Å². The van der Waals surface area contributed by atoms with Crippen molar-refractivity contribution in [3.63, 3.8) is 0 Å². The molecule has 1 aliphatic heterocycles. The Morgan fingerprint density at radius 2 is 1.67 bits per heavy atom. The highest BCUT2D eigenvalue weighted by molar-refractivity contribution is 7.89. The first kappa shape index (κ1) is 19.5. The summed E-state index contributed by atoms with van der Waals surface area (Å²) in [6.45, 7) is 4.06. The van der Waals surface area contributed by atoms with Crippen LogP contribution < -0.4 is 0 Å². The third-order valence-corrected chi connectivity index (χ3v) is 6.62. The third-order valence-electron chi connectivity index (χ3n) is 4.72. The summed E-state index contributed by atoms with van der Waals surface area (Å²) in [6, 6.07) is 15.5. The Kier molecular flexibility index (Phi) is 5.94. The second-order valence-electron chi connectivity index (χ2n) is 6.69. The Morgan fingerprint density at radius 1 is 1.00 bits per heavy atom. The molecular formula is C20H24N2O4S. The monoisotopic (exact) mass is 388 g/mol. The van der Waals surface area contributed by atoms with Gasteiger partial charge in [-0.25, -0.2) is 13.2 Å². The zero-order valence-electron chi connectivity index (χ0n) is 15.5. The van der Waals surface area contributed by atoms with Crippen LogP contribution in [0.3, 0.4) is 0 Å². The summed E-state index contributed by atoms with van der Waals surface area (Å²) in [7, 11) is -1.66. The topological polar surface area (TPSA) is 66.9 Å². The van der Waals surface area contributed by atoms with E-state index < -0.39 is 22.1 Å². The summed E-state index contributed by atoms with van der Waals surface area (Å²) in [5, 5.41) is 0. The van der Waals surface area contributed by atoms with Gasteiger partial charge in [0.15, 0.2) is 0 Å². The number of sulfonamides is 1. The van der Waals surface area contributed by atoms with Crippen molar-refractivity contribution in [1.82, 2.24) is 9.21 Å². The van der Waals surface area contributed by atoms with E-state index in [9.17, 15) is 13.2 Å². The third kappa shape index (κ3) is 4.55. The molecule has 3 rings (SSSR count). The fourth-order valence-electron chi connectivity index (χ4n) is 2.98. The number of rotatable bonds is 5. The summed E-state index contributed by atoms with van der Waals surface area (Å²) in [5.74, 6) is -0.540. The predicted molar refractivity (Wildman–Crippen MR) is 103 cm³/mol. The first-order valence-electron chi connectivity index (χ1n) is 8.92. The number of esters is 1. The highest BCUT2D eigenvalue weighted by Gasteiger charge is 2.28. The number of ether oxygens (including phenoxy) is 1. The normalized spacial score (nSPS) is 17.4. The summed E-state index contributed by atoms with van der Waals surface area (Å²) in [4.78, 5) is 14.7. The van der Waals surface area contributed by atoms with E-state index in [1.165, 1.54) is 16.4 Å². The molecule has 2 aromatic carbocycles. The van der Waals surface area contributed by atoms with Crippen LogP contribution in [0.5, 0.6) is 0 Å². The van der Waals surface area contributed by atoms with E-state index in [2.05, 4.69) is 4.90 Å². The van der Waals surface area contributed by atoms with Crippen molar-refractivity contribution < 1.29 is 17.9 Å². The standard InChI is InChI=1S/C20H24N2O4S/c1-16(17-7-4-3-5-8-17)26-20(23)18-9-6-10-19(15-18)27(24,25)22-13-11-21(2)12-14-22/h3-10,15-16H,11-14H2,1-2H3. The van der Waals surface area contributed by atoms with Gasteiger partial charge in [-0.2, -0.15) is 4.31 Å². The lowest BCUT2D eigenvalue weighted by atomic mass is 10.1. The van der Waals surface area contributed by atoms with Crippen molar-refractivity contribution in [2.75, 3.05) is 33.2 Å². The van der Waals surface area contributed by atoms with Gasteiger partial charge < -0.3 is 9.64 Å². The average Bonchev–Trinajstić information content (AvgIpc) is 2.69. The summed E-state index contributed by atoms with van der Waals surface area (Å²) in [5.41, 5.74) is 1.11. The van der Waals surface area contributed by atoms with Crippen LogP contribution in [0.25, 0.3) is 0 Å². The number of hydrogen-bond donors (Lipinski definition) is 0. The average molecular weight is 388 g/mol. The minimum atomic E-state index is -3.62. The molecule has 0 saturated carbocycles. The van der Waals surface area contributed by atoms with E-state index in [0.29, 0.717) is 26.2 Å². The van der Waals surface area contributed by atoms with Crippen molar-refractivity contribution in [1.29, 1.82) is 0 Å². The Morgan fingerprint density at radius 3 is 2.33 bits per heavy atom. The zero-order chi connectivity index (χ0) is 19.4. The number of carbonyl (C=O) groups is 1. The van der Waals surface area contributed by atoms with Gasteiger partial charge in [0.05, 0.1) is 10.5 Å². The number of benzene rings is 2. The molecule has 1 unspecified atom stereocenters. The molecule has 6 nitrogen and oxygen atoms in total. The molecule has 2 aromatic rings. The van der Waals surface area contributed by atoms with E-state index in [0.717, 1.165) is 5.56 Å². The molecule has 7 heteroatoms. The van der Waals surface area contributed by atoms with Crippen LogP contribution in [0.4, 0.5) is 0 Å². The number of hydrogen-bond acceptors (Lipinski definition) is 5. The van der Waals surface area contributed by atoms with E-state index >= 15 is 0 Å². The lowest BCUT2D eigenvalue weighted by molar-refractivity contribution is 0.0337. The molecule has 0 N–H and O–H groups in total. The second kappa shape index (κ2) is 8.21. The van der Waals surface area contributed by atoms with Crippen molar-refractivity contribution in [3.05, 3.63) is 65.7 Å². The maximum Gasteiger partial charge on any atom is 0.338 e. The molecule has 0 aromatic heterocycles. The molecule has 1 aliphatic rings. The molecule has 1 heterocycles. The minimum absolute atomic E-state index is 0.119. The van der Waals surface area contributed by atoms with Gasteiger partial charge in [0.2, 0.25) is 10.0 Å². The SMILES string of the molecule is CC(OC(=O)c1cccc(S(=O)(=O)N2CCN(C)CC2)c1)c1ccccc1. The highest BCUT2D eigenvalue weighted by atomic mass is 32.2. The molecule has 1 saturated heterocycles. The Bertz CT molecular complexity index is 891. The fraction of sp³-hybridized carbons (Fsp3) is 0.350. The predicted octanol–water partition coefficient (Wildman–Crippen LogP) is 2.54. The van der Waals surface area contributed by atoms with Crippen molar-refractivity contribution >= 4 is 16.0 Å². The van der Waals surface area contributed by atoms with Gasteiger partial charge in [-0.1, -0.05) is 36.4 Å². The molecule has 1 fully saturated rings. The van der Waals surface area contributed by atoms with E-state index in [-0.39, 0.29) is 10.5 Å². The van der Waals surface area contributed by atoms with Crippen LogP contribution >= 0.6 is 0 Å². The summed E-state index contributed by atoms with van der Waals surface area (Å²) >= 11 is 0. The largest absolute Gasteiger partial charge is 0.454 e. The first-order chi connectivity index (χ1) is 12.9. The number of carbonyl (C=O) groups excluding carboxylic acids is 1. The molecule has 27 heavy (non-hydrogen) atoms. The van der Waals surface area contributed by atoms with Crippen LogP contribution in [0, 0.1) is 0 Å². The van der Waals surface area contributed by atoms with Gasteiger partial charge in [0.25, 0.3) is 0 Å². The lowest BCUT2D eigenvalue weighted by Gasteiger charge is -2.31. The van der Waals surface area contributed by atoms with Crippen molar-refractivity contribution in [2.24, 2.45) is 0 Å². The molecule has 0 spiro atoms. The van der Waals surface area contributed by atoms with E-state index in [4.69, 9.17) is 4.74 Å². The smallest absolute Gasteiger partial charge is 0.338 e. The molecule has 144 valence electrons. The highest BCUT2D eigenvalue weighted by Crippen LogP contribution is 2.22. The van der Waals surface area contributed by atoms with Crippen LogP contribution in [-0.4, -0.2) is 56.8 Å². The van der Waals surface area contributed by atoms with Crippen LogP contribution in [0.15, 0.2) is 59.5 Å². The Balaban J connectivity index is 1.76. The second-order valence-corrected chi connectivity index (χ2v) is 8.63. The molecule has 0 amide bonds. The van der Waals surface area contributed by atoms with E-state index in [1.807, 2.05) is 37.4 Å². The Labute approximate surface area is 160 Å².